The van der Waals surface area contributed by atoms with Gasteiger partial charge in [0, 0.05) is 30.8 Å². The molecule has 0 radical (unpaired) electrons. The van der Waals surface area contributed by atoms with Crippen molar-refractivity contribution in [3.8, 4) is 11.5 Å². The van der Waals surface area contributed by atoms with Crippen molar-refractivity contribution in [2.24, 2.45) is 5.92 Å². The van der Waals surface area contributed by atoms with Crippen LogP contribution in [0.25, 0.3) is 5.57 Å². The highest BCUT2D eigenvalue weighted by Gasteiger charge is 2.42. The second kappa shape index (κ2) is 9.67. The van der Waals surface area contributed by atoms with Gasteiger partial charge in [0.05, 0.1) is 11.3 Å². The Hall–Kier alpha value is -3.65. The summed E-state index contributed by atoms with van der Waals surface area (Å²) in [6.45, 7) is 10.7. The van der Waals surface area contributed by atoms with Gasteiger partial charge in [0.25, 0.3) is 5.91 Å². The molecule has 3 N–H and O–H groups in total. The highest BCUT2D eigenvalue weighted by Crippen LogP contribution is 2.43. The molecule has 2 heterocycles. The molecule has 0 aliphatic carbocycles. The quantitative estimate of drug-likeness (QED) is 0.543. The molecule has 37 heavy (non-hydrogen) atoms. The first-order valence-corrected chi connectivity index (χ1v) is 12.4. The van der Waals surface area contributed by atoms with E-state index in [0.29, 0.717) is 39.4 Å². The van der Waals surface area contributed by atoms with E-state index in [-0.39, 0.29) is 23.7 Å². The topological polar surface area (TPSA) is 90.9 Å². The number of carbonyl (C=O) groups is 2. The third-order valence-electron chi connectivity index (χ3n) is 6.62. The monoisotopic (exact) mass is 507 g/mol. The molecule has 2 aliphatic rings. The number of hydrogen-bond donors (Lipinski definition) is 3. The van der Waals surface area contributed by atoms with Crippen LogP contribution in [0.1, 0.15) is 49.9 Å². The summed E-state index contributed by atoms with van der Waals surface area (Å²) in [4.78, 5) is 27.3. The predicted molar refractivity (Wildman–Crippen MR) is 140 cm³/mol. The summed E-state index contributed by atoms with van der Waals surface area (Å²) in [5.74, 6) is -0.193. The van der Waals surface area contributed by atoms with Crippen LogP contribution in [-0.4, -0.2) is 41.0 Å². The Labute approximate surface area is 217 Å². The van der Waals surface area contributed by atoms with Crippen molar-refractivity contribution >= 4 is 17.4 Å². The lowest BCUT2D eigenvalue weighted by Crippen LogP contribution is -2.48. The molecule has 4 rings (SSSR count). The van der Waals surface area contributed by atoms with Crippen LogP contribution in [0.5, 0.6) is 11.5 Å². The van der Waals surface area contributed by atoms with Gasteiger partial charge in [-0.15, -0.1) is 0 Å². The molecule has 0 saturated carbocycles. The minimum atomic E-state index is -1.13. The molecule has 2 atom stereocenters. The van der Waals surface area contributed by atoms with Gasteiger partial charge in [0.15, 0.2) is 0 Å². The third-order valence-corrected chi connectivity index (χ3v) is 6.62. The van der Waals surface area contributed by atoms with E-state index in [2.05, 4.69) is 10.6 Å². The number of fused-ring (bicyclic) bond motifs is 1. The molecule has 0 saturated heterocycles. The Morgan fingerprint density at radius 2 is 1.84 bits per heavy atom. The summed E-state index contributed by atoms with van der Waals surface area (Å²) >= 11 is 0. The number of aliphatic hydroxyl groups is 1. The maximum absolute atomic E-state index is 13.9. The lowest BCUT2D eigenvalue weighted by molar-refractivity contribution is -0.130. The third kappa shape index (κ3) is 5.25. The summed E-state index contributed by atoms with van der Waals surface area (Å²) in [5.41, 5.74) is 2.58. The van der Waals surface area contributed by atoms with E-state index in [0.717, 1.165) is 5.57 Å². The lowest BCUT2D eigenvalue weighted by atomic mass is 9.83. The fourth-order valence-corrected chi connectivity index (χ4v) is 4.77. The first kappa shape index (κ1) is 26.4. The zero-order valence-corrected chi connectivity index (χ0v) is 22.3. The zero-order valence-electron chi connectivity index (χ0n) is 22.3. The average molecular weight is 508 g/mol. The van der Waals surface area contributed by atoms with Crippen molar-refractivity contribution in [1.82, 2.24) is 15.5 Å². The van der Waals surface area contributed by atoms with Crippen LogP contribution in [0.2, 0.25) is 0 Å². The minimum Gasteiger partial charge on any atom is -0.456 e. The molecule has 8 heteroatoms. The molecule has 0 aromatic heterocycles. The number of halogens is 1. The smallest absolute Gasteiger partial charge is 0.267 e. The summed E-state index contributed by atoms with van der Waals surface area (Å²) in [6.07, 6.45) is 3.51. The number of ether oxygens (including phenoxy) is 1. The van der Waals surface area contributed by atoms with Crippen LogP contribution in [0.15, 0.2) is 48.3 Å². The molecule has 7 nitrogen and oxygen atoms in total. The van der Waals surface area contributed by atoms with Crippen LogP contribution in [0, 0.1) is 25.6 Å². The molecule has 2 unspecified atom stereocenters. The standard InChI is InChI=1S/C29H34FN3O4/c1-15(2)31-27(34)23-13-21-22(14-33(7)28(35)25(21)32-23)20-12-18(29(5,6)36)8-9-24(20)37-26-16(3)10-19(30)11-17(26)4/h8-15,21,25,32,36H,1-7H3,(H,31,34). The predicted octanol–water partition coefficient (Wildman–Crippen LogP) is 4.27. The molecular weight excluding hydrogens is 473 g/mol. The van der Waals surface area contributed by atoms with E-state index in [1.807, 2.05) is 19.9 Å². The molecule has 0 bridgehead atoms. The second-order valence-corrected chi connectivity index (χ2v) is 10.6. The molecule has 2 aliphatic heterocycles. The molecule has 196 valence electrons. The second-order valence-electron chi connectivity index (χ2n) is 10.6. The maximum Gasteiger partial charge on any atom is 0.267 e. The van der Waals surface area contributed by atoms with Crippen molar-refractivity contribution in [3.63, 3.8) is 0 Å². The number of aryl methyl sites for hydroxylation is 2. The number of carbonyl (C=O) groups excluding carboxylic acids is 2. The van der Waals surface area contributed by atoms with E-state index >= 15 is 0 Å². The summed E-state index contributed by atoms with van der Waals surface area (Å²) in [6, 6.07) is 7.51. The fourth-order valence-electron chi connectivity index (χ4n) is 4.77. The molecule has 0 fully saturated rings. The average Bonchev–Trinajstić information content (AvgIpc) is 3.24. The van der Waals surface area contributed by atoms with Crippen molar-refractivity contribution in [3.05, 3.63) is 76.4 Å². The van der Waals surface area contributed by atoms with Crippen LogP contribution in [0.3, 0.4) is 0 Å². The zero-order chi connectivity index (χ0) is 27.2. The summed E-state index contributed by atoms with van der Waals surface area (Å²) in [7, 11) is 1.67. The highest BCUT2D eigenvalue weighted by atomic mass is 19.1. The van der Waals surface area contributed by atoms with Gasteiger partial charge in [-0.1, -0.05) is 6.07 Å². The molecule has 2 aromatic carbocycles. The summed E-state index contributed by atoms with van der Waals surface area (Å²) in [5, 5.41) is 16.7. The molecule has 2 aromatic rings. The van der Waals surface area contributed by atoms with E-state index < -0.39 is 17.6 Å². The Balaban J connectivity index is 1.85. The minimum absolute atomic E-state index is 0.0585. The van der Waals surface area contributed by atoms with Crippen LogP contribution in [0.4, 0.5) is 4.39 Å². The SMILES string of the molecule is Cc1cc(F)cc(C)c1Oc1ccc(C(C)(C)O)cc1C1=CN(C)C(=O)C2NC(C(=O)NC(C)C)=CC12. The van der Waals surface area contributed by atoms with Crippen LogP contribution < -0.4 is 15.4 Å². The van der Waals surface area contributed by atoms with Gasteiger partial charge < -0.3 is 25.4 Å². The van der Waals surface area contributed by atoms with Crippen molar-refractivity contribution < 1.29 is 23.8 Å². The van der Waals surface area contributed by atoms with Gasteiger partial charge in [0.1, 0.15) is 23.4 Å². The first-order valence-electron chi connectivity index (χ1n) is 12.4. The van der Waals surface area contributed by atoms with Gasteiger partial charge in [-0.2, -0.15) is 0 Å². The number of nitrogens with one attached hydrogen (secondary N) is 2. The first-order chi connectivity index (χ1) is 17.3. The van der Waals surface area contributed by atoms with E-state index in [9.17, 15) is 19.1 Å². The molecule has 0 spiro atoms. The highest BCUT2D eigenvalue weighted by molar-refractivity contribution is 5.99. The number of likely N-dealkylation sites (N-methyl/N-ethyl adjacent to an activating group) is 1. The van der Waals surface area contributed by atoms with Gasteiger partial charge in [-0.05, 0) is 94.1 Å². The van der Waals surface area contributed by atoms with Gasteiger partial charge >= 0.3 is 0 Å². The number of nitrogens with zero attached hydrogens (tertiary/aromatic N) is 1. The number of benzene rings is 2. The Morgan fingerprint density at radius 3 is 2.43 bits per heavy atom. The van der Waals surface area contributed by atoms with Gasteiger partial charge in [-0.3, -0.25) is 9.59 Å². The summed E-state index contributed by atoms with van der Waals surface area (Å²) < 4.78 is 20.3. The van der Waals surface area contributed by atoms with Gasteiger partial charge in [0.2, 0.25) is 5.91 Å². The fraction of sp³-hybridized carbons (Fsp3) is 0.379. The number of amides is 2. The number of rotatable bonds is 6. The van der Waals surface area contributed by atoms with Gasteiger partial charge in [-0.25, -0.2) is 4.39 Å². The van der Waals surface area contributed by atoms with Crippen molar-refractivity contribution in [1.29, 1.82) is 0 Å². The number of hydrogen-bond acceptors (Lipinski definition) is 5. The maximum atomic E-state index is 13.9. The Kier molecular flexibility index (Phi) is 6.90. The Bertz CT molecular complexity index is 1300. The normalized spacial score (nSPS) is 19.3. The van der Waals surface area contributed by atoms with E-state index in [4.69, 9.17) is 4.74 Å². The van der Waals surface area contributed by atoms with Crippen LogP contribution >= 0.6 is 0 Å². The lowest BCUT2D eigenvalue weighted by Gasteiger charge is -2.32. The van der Waals surface area contributed by atoms with Crippen molar-refractivity contribution in [2.45, 2.75) is 59.2 Å². The molecule has 2 amide bonds. The molecular formula is C29H34FN3O4. The van der Waals surface area contributed by atoms with E-state index in [1.54, 1.807) is 59.2 Å². The van der Waals surface area contributed by atoms with Crippen LogP contribution in [-0.2, 0) is 15.2 Å². The van der Waals surface area contributed by atoms with Crippen molar-refractivity contribution in [2.75, 3.05) is 7.05 Å². The van der Waals surface area contributed by atoms with E-state index in [1.165, 1.54) is 17.0 Å². The Morgan fingerprint density at radius 1 is 1.19 bits per heavy atom. The largest absolute Gasteiger partial charge is 0.456 e.